The van der Waals surface area contributed by atoms with Crippen molar-refractivity contribution in [2.45, 2.75) is 58.0 Å². The van der Waals surface area contributed by atoms with Crippen molar-refractivity contribution >= 4 is 23.8 Å². The van der Waals surface area contributed by atoms with E-state index in [-0.39, 0.29) is 12.1 Å². The van der Waals surface area contributed by atoms with E-state index in [0.717, 1.165) is 32.1 Å². The Morgan fingerprint density at radius 2 is 2.11 bits per heavy atom. The summed E-state index contributed by atoms with van der Waals surface area (Å²) in [6.45, 7) is 4.22. The summed E-state index contributed by atoms with van der Waals surface area (Å²) < 4.78 is 0. The number of carboxylic acids is 1. The largest absolute Gasteiger partial charge is 0.480 e. The van der Waals surface area contributed by atoms with Crippen LogP contribution in [-0.2, 0) is 4.79 Å². The second-order valence-corrected chi connectivity index (χ2v) is 5.90. The summed E-state index contributed by atoms with van der Waals surface area (Å²) in [4.78, 5) is 24.6. The number of carbonyl (C=O) groups is 2. The Kier molecular flexibility index (Phi) is 7.05. The molecule has 1 fully saturated rings. The molecule has 1 aliphatic heterocycles. The normalized spacial score (nSPS) is 20.3. The zero-order valence-electron chi connectivity index (χ0n) is 11.7. The van der Waals surface area contributed by atoms with Gasteiger partial charge in [0.25, 0.3) is 0 Å². The van der Waals surface area contributed by atoms with Gasteiger partial charge >= 0.3 is 12.0 Å². The lowest BCUT2D eigenvalue weighted by Crippen LogP contribution is -2.49. The van der Waals surface area contributed by atoms with Crippen LogP contribution in [0.5, 0.6) is 0 Å². The van der Waals surface area contributed by atoms with Gasteiger partial charge < -0.3 is 15.3 Å². The van der Waals surface area contributed by atoms with E-state index in [2.05, 4.69) is 19.2 Å². The van der Waals surface area contributed by atoms with Gasteiger partial charge in [0.2, 0.25) is 0 Å². The highest BCUT2D eigenvalue weighted by atomic mass is 32.2. The van der Waals surface area contributed by atoms with Crippen molar-refractivity contribution in [2.75, 3.05) is 11.6 Å². The molecule has 0 spiro atoms. The van der Waals surface area contributed by atoms with Crippen LogP contribution < -0.4 is 5.32 Å². The number of hydrogen-bond donors (Lipinski definition) is 2. The molecule has 0 saturated carbocycles. The lowest BCUT2D eigenvalue weighted by Gasteiger charge is -2.25. The molecule has 0 aromatic carbocycles. The predicted molar refractivity (Wildman–Crippen MR) is 77.3 cm³/mol. The summed E-state index contributed by atoms with van der Waals surface area (Å²) in [5, 5.41) is 12.1. The number of urea groups is 1. The first-order valence-corrected chi connectivity index (χ1v) is 8.13. The molecule has 2 amide bonds. The number of carboxylic acid groups (broad SMARTS) is 1. The Morgan fingerprint density at radius 1 is 1.37 bits per heavy atom. The van der Waals surface area contributed by atoms with Gasteiger partial charge in [-0.1, -0.05) is 33.1 Å². The van der Waals surface area contributed by atoms with Crippen molar-refractivity contribution in [2.24, 2.45) is 0 Å². The van der Waals surface area contributed by atoms with E-state index in [4.69, 9.17) is 5.11 Å². The number of unbranched alkanes of at least 4 members (excludes halogenated alkanes) is 1. The monoisotopic (exact) mass is 288 g/mol. The lowest BCUT2D eigenvalue weighted by molar-refractivity contribution is -0.140. The number of rotatable bonds is 7. The molecule has 0 radical (unpaired) electrons. The molecule has 19 heavy (non-hydrogen) atoms. The summed E-state index contributed by atoms with van der Waals surface area (Å²) in [5.74, 6) is 0.0340. The summed E-state index contributed by atoms with van der Waals surface area (Å²) in [5.41, 5.74) is 0. The van der Waals surface area contributed by atoms with E-state index in [1.807, 2.05) is 0 Å². The van der Waals surface area contributed by atoms with E-state index in [9.17, 15) is 9.59 Å². The second-order valence-electron chi connectivity index (χ2n) is 4.90. The molecule has 1 aliphatic rings. The van der Waals surface area contributed by atoms with Crippen molar-refractivity contribution in [1.82, 2.24) is 10.2 Å². The maximum absolute atomic E-state index is 12.1. The van der Waals surface area contributed by atoms with Gasteiger partial charge in [0.1, 0.15) is 6.04 Å². The Hall–Kier alpha value is -0.910. The minimum Gasteiger partial charge on any atom is -0.480 e. The van der Waals surface area contributed by atoms with Gasteiger partial charge in [-0.05, 0) is 12.8 Å². The maximum atomic E-state index is 12.1. The quantitative estimate of drug-likeness (QED) is 0.755. The van der Waals surface area contributed by atoms with E-state index in [0.29, 0.717) is 11.6 Å². The molecule has 0 aromatic heterocycles. The zero-order chi connectivity index (χ0) is 14.3. The Morgan fingerprint density at radius 3 is 2.68 bits per heavy atom. The van der Waals surface area contributed by atoms with Crippen LogP contribution in [-0.4, -0.2) is 45.7 Å². The van der Waals surface area contributed by atoms with Crippen molar-refractivity contribution in [3.8, 4) is 0 Å². The molecule has 6 heteroatoms. The minimum absolute atomic E-state index is 0.164. The lowest BCUT2D eigenvalue weighted by atomic mass is 10.1. The van der Waals surface area contributed by atoms with Crippen LogP contribution in [0.1, 0.15) is 46.0 Å². The molecule has 2 N–H and O–H groups in total. The maximum Gasteiger partial charge on any atom is 0.327 e. The molecule has 5 nitrogen and oxygen atoms in total. The number of nitrogens with one attached hydrogen (secondary N) is 1. The molecule has 1 heterocycles. The van der Waals surface area contributed by atoms with E-state index < -0.39 is 12.0 Å². The average Bonchev–Trinajstić information content (AvgIpc) is 2.85. The molecular weight excluding hydrogens is 264 g/mol. The summed E-state index contributed by atoms with van der Waals surface area (Å²) in [6.07, 6.45) is 5.13. The molecule has 110 valence electrons. The van der Waals surface area contributed by atoms with Crippen LogP contribution >= 0.6 is 11.8 Å². The minimum atomic E-state index is -0.916. The molecule has 0 aromatic rings. The van der Waals surface area contributed by atoms with Gasteiger partial charge in [-0.2, -0.15) is 0 Å². The fourth-order valence-corrected chi connectivity index (χ4v) is 3.34. The molecular formula is C13H24N2O3S. The Bertz CT molecular complexity index is 312. The van der Waals surface area contributed by atoms with Crippen molar-refractivity contribution < 1.29 is 14.7 Å². The average molecular weight is 288 g/mol. The SMILES string of the molecule is CCCCC(CCC)NC(=O)N1CSCC1C(=O)O. The van der Waals surface area contributed by atoms with E-state index in [1.54, 1.807) is 0 Å². The van der Waals surface area contributed by atoms with Gasteiger partial charge in [-0.3, -0.25) is 0 Å². The van der Waals surface area contributed by atoms with Crippen LogP contribution in [0, 0.1) is 0 Å². The number of hydrogen-bond acceptors (Lipinski definition) is 3. The Labute approximate surface area is 119 Å². The topological polar surface area (TPSA) is 69.6 Å². The molecule has 0 bridgehead atoms. The van der Waals surface area contributed by atoms with Crippen LogP contribution in [0.25, 0.3) is 0 Å². The highest BCUT2D eigenvalue weighted by molar-refractivity contribution is 7.99. The number of thioether (sulfide) groups is 1. The summed E-state index contributed by atoms with van der Waals surface area (Å²) >= 11 is 1.49. The number of aliphatic carboxylic acids is 1. The van der Waals surface area contributed by atoms with Crippen LogP contribution in [0.4, 0.5) is 4.79 Å². The zero-order valence-corrected chi connectivity index (χ0v) is 12.5. The van der Waals surface area contributed by atoms with Gasteiger partial charge in [-0.15, -0.1) is 11.8 Å². The van der Waals surface area contributed by atoms with Crippen LogP contribution in [0.15, 0.2) is 0 Å². The number of nitrogens with zero attached hydrogens (tertiary/aromatic N) is 1. The van der Waals surface area contributed by atoms with Gasteiger partial charge in [0.15, 0.2) is 0 Å². The molecule has 1 rings (SSSR count). The Balaban J connectivity index is 2.52. The fourth-order valence-electron chi connectivity index (χ4n) is 2.19. The third-order valence-electron chi connectivity index (χ3n) is 3.30. The third kappa shape index (κ3) is 4.93. The first kappa shape index (κ1) is 16.1. The van der Waals surface area contributed by atoms with Gasteiger partial charge in [-0.25, -0.2) is 9.59 Å². The molecule has 1 saturated heterocycles. The van der Waals surface area contributed by atoms with Crippen molar-refractivity contribution in [3.63, 3.8) is 0 Å². The number of carbonyl (C=O) groups excluding carboxylic acids is 1. The van der Waals surface area contributed by atoms with Gasteiger partial charge in [0.05, 0.1) is 5.88 Å². The third-order valence-corrected chi connectivity index (χ3v) is 4.31. The van der Waals surface area contributed by atoms with Crippen LogP contribution in [0.2, 0.25) is 0 Å². The standard InChI is InChI=1S/C13H24N2O3S/c1-3-5-7-10(6-4-2)14-13(18)15-9-19-8-11(15)12(16)17/h10-11H,3-9H2,1-2H3,(H,14,18)(H,16,17). The smallest absolute Gasteiger partial charge is 0.327 e. The predicted octanol–water partition coefficient (Wildman–Crippen LogP) is 2.51. The summed E-state index contributed by atoms with van der Waals surface area (Å²) in [7, 11) is 0. The van der Waals surface area contributed by atoms with Crippen molar-refractivity contribution in [1.29, 1.82) is 0 Å². The second kappa shape index (κ2) is 8.30. The fraction of sp³-hybridized carbons (Fsp3) is 0.846. The molecule has 2 unspecified atom stereocenters. The summed E-state index contributed by atoms with van der Waals surface area (Å²) in [6, 6.07) is -0.747. The highest BCUT2D eigenvalue weighted by Gasteiger charge is 2.35. The van der Waals surface area contributed by atoms with E-state index >= 15 is 0 Å². The van der Waals surface area contributed by atoms with Gasteiger partial charge in [0, 0.05) is 11.8 Å². The number of amides is 2. The highest BCUT2D eigenvalue weighted by Crippen LogP contribution is 2.21. The van der Waals surface area contributed by atoms with Crippen molar-refractivity contribution in [3.05, 3.63) is 0 Å². The first-order chi connectivity index (χ1) is 9.10. The molecule has 2 atom stereocenters. The van der Waals surface area contributed by atoms with E-state index in [1.165, 1.54) is 16.7 Å². The molecule has 0 aliphatic carbocycles. The van der Waals surface area contributed by atoms with Crippen LogP contribution in [0.3, 0.4) is 0 Å². The first-order valence-electron chi connectivity index (χ1n) is 6.97.